The lowest BCUT2D eigenvalue weighted by Crippen LogP contribution is -2.23. The van der Waals surface area contributed by atoms with E-state index in [2.05, 4.69) is 6.92 Å². The van der Waals surface area contributed by atoms with Gasteiger partial charge in [-0.25, -0.2) is 4.39 Å². The van der Waals surface area contributed by atoms with Crippen molar-refractivity contribution in [1.29, 1.82) is 0 Å². The van der Waals surface area contributed by atoms with Crippen LogP contribution in [0.1, 0.15) is 81.1 Å². The summed E-state index contributed by atoms with van der Waals surface area (Å²) in [5.41, 5.74) is 6.16. The van der Waals surface area contributed by atoms with Gasteiger partial charge < -0.3 is 10.5 Å². The summed E-state index contributed by atoms with van der Waals surface area (Å²) >= 11 is 0. The number of rotatable bonds is 5. The van der Waals surface area contributed by atoms with Crippen molar-refractivity contribution in [3.63, 3.8) is 0 Å². The van der Waals surface area contributed by atoms with Crippen LogP contribution >= 0.6 is 0 Å². The average Bonchev–Trinajstić information content (AvgIpc) is 3.40. The Kier molecular flexibility index (Phi) is 6.64. The molecule has 2 atom stereocenters. The number of hydrogen-bond acceptors (Lipinski definition) is 2. The molecular formula is C20H30FNO2. The highest BCUT2D eigenvalue weighted by atomic mass is 19.1. The molecular weight excluding hydrogens is 305 g/mol. The van der Waals surface area contributed by atoms with Crippen molar-refractivity contribution in [2.45, 2.75) is 65.2 Å². The van der Waals surface area contributed by atoms with Gasteiger partial charge in [-0.3, -0.25) is 4.79 Å². The van der Waals surface area contributed by atoms with E-state index in [-0.39, 0.29) is 5.56 Å². The second kappa shape index (κ2) is 8.50. The first-order valence-corrected chi connectivity index (χ1v) is 9.32. The third-order valence-electron chi connectivity index (χ3n) is 5.12. The molecule has 2 N–H and O–H groups in total. The van der Waals surface area contributed by atoms with Crippen molar-refractivity contribution in [2.75, 3.05) is 6.61 Å². The highest BCUT2D eigenvalue weighted by molar-refractivity contribution is 5.93. The standard InChI is InChI=1S/C18H24FNO2.C2H6/c1-11-4-2-3-5-13(11)10-22-17-9-16(19)15(18(20)21)8-14(17)12-6-7-12;1-2/h8-9,11-13H,2-7,10H2,1H3,(H2,20,21);1-2H3. The maximum absolute atomic E-state index is 14.0. The van der Waals surface area contributed by atoms with Gasteiger partial charge in [0, 0.05) is 6.07 Å². The second-order valence-electron chi connectivity index (χ2n) is 6.84. The van der Waals surface area contributed by atoms with Gasteiger partial charge in [0.1, 0.15) is 11.6 Å². The Morgan fingerprint density at radius 1 is 1.21 bits per heavy atom. The smallest absolute Gasteiger partial charge is 0.251 e. The number of hydrogen-bond donors (Lipinski definition) is 1. The Hall–Kier alpha value is -1.58. The molecule has 2 saturated carbocycles. The molecule has 134 valence electrons. The molecule has 0 radical (unpaired) electrons. The Morgan fingerprint density at radius 3 is 2.46 bits per heavy atom. The van der Waals surface area contributed by atoms with E-state index in [1.165, 1.54) is 31.7 Å². The zero-order chi connectivity index (χ0) is 17.7. The first-order valence-electron chi connectivity index (χ1n) is 9.32. The number of nitrogens with two attached hydrogens (primary N) is 1. The van der Waals surface area contributed by atoms with Crippen molar-refractivity contribution >= 4 is 5.91 Å². The normalized spacial score (nSPS) is 23.2. The van der Waals surface area contributed by atoms with E-state index in [0.29, 0.717) is 30.1 Å². The average molecular weight is 335 g/mol. The Labute approximate surface area is 144 Å². The minimum absolute atomic E-state index is 0.0275. The van der Waals surface area contributed by atoms with E-state index in [4.69, 9.17) is 10.5 Å². The van der Waals surface area contributed by atoms with E-state index < -0.39 is 11.7 Å². The zero-order valence-electron chi connectivity index (χ0n) is 15.1. The number of halogens is 1. The first kappa shape index (κ1) is 18.8. The predicted molar refractivity (Wildman–Crippen MR) is 94.9 cm³/mol. The maximum Gasteiger partial charge on any atom is 0.251 e. The molecule has 4 heteroatoms. The quantitative estimate of drug-likeness (QED) is 0.820. The predicted octanol–water partition coefficient (Wildman–Crippen LogP) is 5.03. The highest BCUT2D eigenvalue weighted by Crippen LogP contribution is 2.45. The zero-order valence-corrected chi connectivity index (χ0v) is 15.1. The lowest BCUT2D eigenvalue weighted by Gasteiger charge is -2.29. The molecule has 0 aromatic heterocycles. The van der Waals surface area contributed by atoms with Crippen molar-refractivity contribution in [1.82, 2.24) is 0 Å². The van der Waals surface area contributed by atoms with Gasteiger partial charge in [-0.1, -0.05) is 40.0 Å². The van der Waals surface area contributed by atoms with Gasteiger partial charge in [0.25, 0.3) is 5.91 Å². The summed E-state index contributed by atoms with van der Waals surface area (Å²) in [7, 11) is 0. The van der Waals surface area contributed by atoms with Crippen LogP contribution in [0.4, 0.5) is 4.39 Å². The number of amides is 1. The monoisotopic (exact) mass is 335 g/mol. The van der Waals surface area contributed by atoms with Crippen molar-refractivity contribution in [3.8, 4) is 5.75 Å². The number of benzene rings is 1. The van der Waals surface area contributed by atoms with Gasteiger partial charge in [-0.15, -0.1) is 0 Å². The Morgan fingerprint density at radius 2 is 1.88 bits per heavy atom. The molecule has 0 saturated heterocycles. The van der Waals surface area contributed by atoms with Crippen LogP contribution in [-0.4, -0.2) is 12.5 Å². The Balaban J connectivity index is 0.00000100. The van der Waals surface area contributed by atoms with Crippen molar-refractivity contribution in [2.24, 2.45) is 17.6 Å². The molecule has 2 fully saturated rings. The molecule has 0 aliphatic heterocycles. The van der Waals surface area contributed by atoms with Gasteiger partial charge >= 0.3 is 0 Å². The molecule has 1 aromatic carbocycles. The van der Waals surface area contributed by atoms with Gasteiger partial charge in [0.05, 0.1) is 12.2 Å². The molecule has 0 bridgehead atoms. The topological polar surface area (TPSA) is 52.3 Å². The van der Waals surface area contributed by atoms with Crippen LogP contribution in [0.25, 0.3) is 0 Å². The lowest BCUT2D eigenvalue weighted by atomic mass is 9.81. The lowest BCUT2D eigenvalue weighted by molar-refractivity contribution is 0.0996. The van der Waals surface area contributed by atoms with Crippen molar-refractivity contribution < 1.29 is 13.9 Å². The molecule has 0 heterocycles. The van der Waals surface area contributed by atoms with Crippen LogP contribution in [0.15, 0.2) is 12.1 Å². The molecule has 0 spiro atoms. The molecule has 2 unspecified atom stereocenters. The van der Waals surface area contributed by atoms with E-state index >= 15 is 0 Å². The van der Waals surface area contributed by atoms with E-state index in [1.807, 2.05) is 13.8 Å². The molecule has 2 aliphatic carbocycles. The Bertz CT molecular complexity index is 569. The molecule has 2 aliphatic rings. The summed E-state index contributed by atoms with van der Waals surface area (Å²) in [5, 5.41) is 0. The SMILES string of the molecule is CC.CC1CCCCC1COc1cc(F)c(C(N)=O)cc1C1CC1. The maximum atomic E-state index is 14.0. The minimum Gasteiger partial charge on any atom is -0.493 e. The number of carbonyl (C=O) groups is 1. The summed E-state index contributed by atoms with van der Waals surface area (Å²) in [5.74, 6) is 0.892. The number of carbonyl (C=O) groups excluding carboxylic acids is 1. The summed E-state index contributed by atoms with van der Waals surface area (Å²) in [4.78, 5) is 11.3. The van der Waals surface area contributed by atoms with Gasteiger partial charge in [-0.05, 0) is 48.6 Å². The summed E-state index contributed by atoms with van der Waals surface area (Å²) in [6, 6.07) is 2.94. The van der Waals surface area contributed by atoms with Crippen LogP contribution in [-0.2, 0) is 0 Å². The van der Waals surface area contributed by atoms with Crippen LogP contribution < -0.4 is 10.5 Å². The second-order valence-corrected chi connectivity index (χ2v) is 6.84. The molecule has 1 amide bonds. The van der Waals surface area contributed by atoms with Gasteiger partial charge in [0.2, 0.25) is 0 Å². The summed E-state index contributed by atoms with van der Waals surface area (Å²) in [6.07, 6.45) is 7.12. The third-order valence-corrected chi connectivity index (χ3v) is 5.12. The van der Waals surface area contributed by atoms with Crippen LogP contribution in [0, 0.1) is 17.7 Å². The molecule has 24 heavy (non-hydrogen) atoms. The molecule has 3 rings (SSSR count). The summed E-state index contributed by atoms with van der Waals surface area (Å²) in [6.45, 7) is 6.90. The fourth-order valence-electron chi connectivity index (χ4n) is 3.44. The van der Waals surface area contributed by atoms with Crippen LogP contribution in [0.5, 0.6) is 5.75 Å². The molecule has 1 aromatic rings. The van der Waals surface area contributed by atoms with E-state index in [1.54, 1.807) is 6.07 Å². The van der Waals surface area contributed by atoms with E-state index in [0.717, 1.165) is 18.4 Å². The fourth-order valence-corrected chi connectivity index (χ4v) is 3.44. The van der Waals surface area contributed by atoms with Crippen LogP contribution in [0.2, 0.25) is 0 Å². The number of ether oxygens (including phenoxy) is 1. The highest BCUT2D eigenvalue weighted by Gasteiger charge is 2.30. The van der Waals surface area contributed by atoms with Crippen LogP contribution in [0.3, 0.4) is 0 Å². The van der Waals surface area contributed by atoms with Crippen molar-refractivity contribution in [3.05, 3.63) is 29.1 Å². The van der Waals surface area contributed by atoms with Gasteiger partial charge in [-0.2, -0.15) is 0 Å². The third kappa shape index (κ3) is 4.49. The van der Waals surface area contributed by atoms with Gasteiger partial charge in [0.15, 0.2) is 0 Å². The number of primary amides is 1. The minimum atomic E-state index is -0.716. The summed E-state index contributed by atoms with van der Waals surface area (Å²) < 4.78 is 20.0. The molecule has 3 nitrogen and oxygen atoms in total. The fraction of sp³-hybridized carbons (Fsp3) is 0.650. The first-order chi connectivity index (χ1) is 11.6. The largest absolute Gasteiger partial charge is 0.493 e. The van der Waals surface area contributed by atoms with E-state index in [9.17, 15) is 9.18 Å².